The number of hydrogen-bond donors (Lipinski definition) is 2. The smallest absolute Gasteiger partial charge is 0.248 e. The van der Waals surface area contributed by atoms with Crippen molar-refractivity contribution >= 4 is 11.8 Å². The van der Waals surface area contributed by atoms with Gasteiger partial charge in [0.15, 0.2) is 0 Å². The summed E-state index contributed by atoms with van der Waals surface area (Å²) >= 11 is 0. The van der Waals surface area contributed by atoms with Crippen molar-refractivity contribution in [3.8, 4) is 0 Å². The van der Waals surface area contributed by atoms with E-state index >= 15 is 0 Å². The summed E-state index contributed by atoms with van der Waals surface area (Å²) in [6.45, 7) is 8.43. The summed E-state index contributed by atoms with van der Waals surface area (Å²) in [5, 5.41) is 6.60. The van der Waals surface area contributed by atoms with Crippen molar-refractivity contribution in [3.05, 3.63) is 0 Å². The van der Waals surface area contributed by atoms with Crippen LogP contribution in [-0.4, -0.2) is 47.9 Å². The van der Waals surface area contributed by atoms with Crippen LogP contribution in [0.15, 0.2) is 0 Å². The van der Waals surface area contributed by atoms with Crippen molar-refractivity contribution in [2.24, 2.45) is 5.92 Å². The fraction of sp³-hybridized carbons (Fsp3) is 0.889. The van der Waals surface area contributed by atoms with E-state index in [2.05, 4.69) is 17.6 Å². The van der Waals surface area contributed by atoms with Crippen LogP contribution in [0.1, 0.15) is 65.7 Å². The molecule has 0 bridgehead atoms. The first-order chi connectivity index (χ1) is 11.0. The second kappa shape index (κ2) is 8.13. The minimum Gasteiger partial charge on any atom is -0.341 e. The molecule has 5 heteroatoms. The van der Waals surface area contributed by atoms with Crippen LogP contribution >= 0.6 is 0 Å². The van der Waals surface area contributed by atoms with Gasteiger partial charge < -0.3 is 15.5 Å². The molecule has 2 amide bonds. The van der Waals surface area contributed by atoms with E-state index in [1.54, 1.807) is 0 Å². The Morgan fingerprint density at radius 3 is 2.39 bits per heavy atom. The third-order valence-corrected chi connectivity index (χ3v) is 5.52. The van der Waals surface area contributed by atoms with E-state index in [1.165, 1.54) is 0 Å². The van der Waals surface area contributed by atoms with Crippen molar-refractivity contribution < 1.29 is 9.59 Å². The Labute approximate surface area is 140 Å². The largest absolute Gasteiger partial charge is 0.341 e. The lowest BCUT2D eigenvalue weighted by Gasteiger charge is -2.41. The van der Waals surface area contributed by atoms with Gasteiger partial charge in [0.25, 0.3) is 0 Å². The van der Waals surface area contributed by atoms with Gasteiger partial charge in [-0.25, -0.2) is 0 Å². The topological polar surface area (TPSA) is 61.4 Å². The Balaban J connectivity index is 2.11. The van der Waals surface area contributed by atoms with E-state index in [1.807, 2.05) is 18.7 Å². The average Bonchev–Trinajstić information content (AvgIpc) is 2.56. The zero-order chi connectivity index (χ0) is 16.9. The van der Waals surface area contributed by atoms with E-state index < -0.39 is 5.54 Å². The van der Waals surface area contributed by atoms with Gasteiger partial charge in [0.1, 0.15) is 5.54 Å². The van der Waals surface area contributed by atoms with Crippen molar-refractivity contribution in [2.45, 2.75) is 77.3 Å². The fourth-order valence-corrected chi connectivity index (χ4v) is 4.07. The highest BCUT2D eigenvalue weighted by molar-refractivity contribution is 5.92. The van der Waals surface area contributed by atoms with Gasteiger partial charge in [-0.1, -0.05) is 19.3 Å². The van der Waals surface area contributed by atoms with Crippen molar-refractivity contribution in [1.29, 1.82) is 0 Å². The summed E-state index contributed by atoms with van der Waals surface area (Å²) in [6.07, 6.45) is 6.51. The SMILES string of the molecule is CCN(CC)C(=O)C1(NC(=O)[C@H]2CCN[C@@H](C)C2)CCCCC1. The third kappa shape index (κ3) is 4.25. The molecule has 1 aliphatic carbocycles. The predicted molar refractivity (Wildman–Crippen MR) is 92.1 cm³/mol. The Bertz CT molecular complexity index is 414. The maximum Gasteiger partial charge on any atom is 0.248 e. The van der Waals surface area contributed by atoms with Gasteiger partial charge >= 0.3 is 0 Å². The molecule has 1 heterocycles. The normalized spacial score (nSPS) is 27.3. The summed E-state index contributed by atoms with van der Waals surface area (Å²) in [7, 11) is 0. The van der Waals surface area contributed by atoms with Gasteiger partial charge in [-0.15, -0.1) is 0 Å². The first-order valence-electron chi connectivity index (χ1n) is 9.37. The molecule has 2 N–H and O–H groups in total. The lowest BCUT2D eigenvalue weighted by molar-refractivity contribution is -0.144. The molecular weight excluding hydrogens is 290 g/mol. The summed E-state index contributed by atoms with van der Waals surface area (Å²) < 4.78 is 0. The first kappa shape index (κ1) is 18.2. The Morgan fingerprint density at radius 1 is 1.17 bits per heavy atom. The van der Waals surface area contributed by atoms with Gasteiger partial charge in [-0.05, 0) is 53.0 Å². The van der Waals surface area contributed by atoms with Gasteiger partial charge in [-0.3, -0.25) is 9.59 Å². The Morgan fingerprint density at radius 2 is 1.83 bits per heavy atom. The molecule has 132 valence electrons. The highest BCUT2D eigenvalue weighted by atomic mass is 16.2. The Hall–Kier alpha value is -1.10. The summed E-state index contributed by atoms with van der Waals surface area (Å²) in [5.41, 5.74) is -0.657. The third-order valence-electron chi connectivity index (χ3n) is 5.52. The minimum atomic E-state index is -0.657. The highest BCUT2D eigenvalue weighted by Crippen LogP contribution is 2.31. The maximum atomic E-state index is 13.1. The molecule has 2 fully saturated rings. The van der Waals surface area contributed by atoms with Crippen LogP contribution in [0.3, 0.4) is 0 Å². The number of nitrogens with zero attached hydrogens (tertiary/aromatic N) is 1. The number of carbonyl (C=O) groups is 2. The van der Waals surface area contributed by atoms with Crippen molar-refractivity contribution in [1.82, 2.24) is 15.5 Å². The number of piperidine rings is 1. The van der Waals surface area contributed by atoms with E-state index in [4.69, 9.17) is 0 Å². The quantitative estimate of drug-likeness (QED) is 0.814. The number of nitrogens with one attached hydrogen (secondary N) is 2. The minimum absolute atomic E-state index is 0.0366. The van der Waals surface area contributed by atoms with Crippen LogP contribution in [0.4, 0.5) is 0 Å². The van der Waals surface area contributed by atoms with E-state index in [0.29, 0.717) is 19.1 Å². The molecule has 0 aromatic rings. The zero-order valence-corrected chi connectivity index (χ0v) is 15.0. The highest BCUT2D eigenvalue weighted by Gasteiger charge is 2.43. The summed E-state index contributed by atoms with van der Waals surface area (Å²) in [6, 6.07) is 0.375. The van der Waals surface area contributed by atoms with Crippen LogP contribution in [0.5, 0.6) is 0 Å². The molecule has 1 saturated carbocycles. The molecule has 1 saturated heterocycles. The lowest BCUT2D eigenvalue weighted by Crippen LogP contribution is -2.62. The van der Waals surface area contributed by atoms with Crippen LogP contribution in [0.2, 0.25) is 0 Å². The number of carbonyl (C=O) groups excluding carboxylic acids is 2. The second-order valence-corrected chi connectivity index (χ2v) is 7.19. The van der Waals surface area contributed by atoms with Crippen LogP contribution < -0.4 is 10.6 Å². The predicted octanol–water partition coefficient (Wildman–Crippen LogP) is 2.06. The summed E-state index contributed by atoms with van der Waals surface area (Å²) in [4.78, 5) is 27.7. The first-order valence-corrected chi connectivity index (χ1v) is 9.37. The molecule has 2 rings (SSSR count). The second-order valence-electron chi connectivity index (χ2n) is 7.19. The van der Waals surface area contributed by atoms with Crippen LogP contribution in [0.25, 0.3) is 0 Å². The zero-order valence-electron chi connectivity index (χ0n) is 15.0. The van der Waals surface area contributed by atoms with Gasteiger partial charge in [0, 0.05) is 25.0 Å². The summed E-state index contributed by atoms with van der Waals surface area (Å²) in [5.74, 6) is 0.243. The van der Waals surface area contributed by atoms with E-state index in [-0.39, 0.29) is 17.7 Å². The number of amides is 2. The molecule has 23 heavy (non-hydrogen) atoms. The molecule has 5 nitrogen and oxygen atoms in total. The maximum absolute atomic E-state index is 13.1. The lowest BCUT2D eigenvalue weighted by atomic mass is 9.79. The van der Waals surface area contributed by atoms with Gasteiger partial charge in [0.2, 0.25) is 11.8 Å². The van der Waals surface area contributed by atoms with E-state index in [9.17, 15) is 9.59 Å². The monoisotopic (exact) mass is 323 g/mol. The molecular formula is C18H33N3O2. The Kier molecular flexibility index (Phi) is 6.45. The van der Waals surface area contributed by atoms with Crippen LogP contribution in [0, 0.1) is 5.92 Å². The van der Waals surface area contributed by atoms with Gasteiger partial charge in [0.05, 0.1) is 0 Å². The molecule has 0 radical (unpaired) electrons. The number of likely N-dealkylation sites (N-methyl/N-ethyl adjacent to an activating group) is 1. The van der Waals surface area contributed by atoms with Crippen molar-refractivity contribution in [3.63, 3.8) is 0 Å². The molecule has 2 aliphatic rings. The van der Waals surface area contributed by atoms with Gasteiger partial charge in [-0.2, -0.15) is 0 Å². The van der Waals surface area contributed by atoms with E-state index in [0.717, 1.165) is 51.5 Å². The fourth-order valence-electron chi connectivity index (χ4n) is 4.07. The standard InChI is InChI=1S/C18H33N3O2/c1-4-21(5-2)17(23)18(10-7-6-8-11-18)20-16(22)15-9-12-19-14(3)13-15/h14-15,19H,4-13H2,1-3H3,(H,20,22)/t14-,15-/m0/s1. The van der Waals surface area contributed by atoms with Crippen LogP contribution in [-0.2, 0) is 9.59 Å². The molecule has 0 aromatic carbocycles. The number of hydrogen-bond acceptors (Lipinski definition) is 3. The molecule has 1 aliphatic heterocycles. The molecule has 0 unspecified atom stereocenters. The van der Waals surface area contributed by atoms with Crippen molar-refractivity contribution in [2.75, 3.05) is 19.6 Å². The molecule has 0 spiro atoms. The average molecular weight is 323 g/mol. The molecule has 0 aromatic heterocycles. The molecule has 2 atom stereocenters. The number of rotatable bonds is 5.